The highest BCUT2D eigenvalue weighted by Gasteiger charge is 2.36. The molecule has 2 aromatic heterocycles. The van der Waals surface area contributed by atoms with E-state index in [1.54, 1.807) is 0 Å². The zero-order valence-electron chi connectivity index (χ0n) is 18.4. The van der Waals surface area contributed by atoms with Crippen LogP contribution in [0.4, 0.5) is 0 Å². The van der Waals surface area contributed by atoms with E-state index in [1.807, 2.05) is 6.20 Å². The van der Waals surface area contributed by atoms with E-state index in [9.17, 15) is 0 Å². The van der Waals surface area contributed by atoms with Gasteiger partial charge in [0.2, 0.25) is 0 Å². The van der Waals surface area contributed by atoms with Crippen molar-refractivity contribution in [1.29, 1.82) is 0 Å². The van der Waals surface area contributed by atoms with Gasteiger partial charge >= 0.3 is 0 Å². The van der Waals surface area contributed by atoms with Gasteiger partial charge in [-0.3, -0.25) is 4.40 Å². The smallest absolute Gasteiger partial charge is 0.146 e. The fourth-order valence-electron chi connectivity index (χ4n) is 5.86. The van der Waals surface area contributed by atoms with E-state index < -0.39 is 0 Å². The quantitative estimate of drug-likeness (QED) is 0.212. The number of fused-ring (bicyclic) bond motifs is 9. The second-order valence-corrected chi connectivity index (χ2v) is 10.2. The van der Waals surface area contributed by atoms with E-state index in [4.69, 9.17) is 4.98 Å². The molecule has 0 bridgehead atoms. The number of hydrogen-bond acceptors (Lipinski definition) is 1. The molecule has 0 aliphatic heterocycles. The Bertz CT molecular complexity index is 1760. The molecule has 0 spiro atoms. The number of hydrogen-bond donors (Lipinski definition) is 0. The molecule has 0 unspecified atom stereocenters. The van der Waals surface area contributed by atoms with Gasteiger partial charge in [-0.05, 0) is 60.8 Å². The summed E-state index contributed by atoms with van der Waals surface area (Å²) >= 11 is 3.74. The lowest BCUT2D eigenvalue weighted by Crippen LogP contribution is -2.14. The van der Waals surface area contributed by atoms with Crippen molar-refractivity contribution in [3.05, 3.63) is 107 Å². The largest absolute Gasteiger partial charge is 0.286 e. The molecule has 1 aliphatic carbocycles. The molecule has 0 fully saturated rings. The van der Waals surface area contributed by atoms with Crippen molar-refractivity contribution in [3.8, 4) is 22.3 Å². The van der Waals surface area contributed by atoms with Crippen LogP contribution in [-0.4, -0.2) is 9.38 Å². The summed E-state index contributed by atoms with van der Waals surface area (Å²) in [6, 6.07) is 30.9. The monoisotopic (exact) mass is 488 g/mol. The fraction of sp³-hybridized carbons (Fsp3) is 0.100. The minimum absolute atomic E-state index is 0.0186. The van der Waals surface area contributed by atoms with Gasteiger partial charge in [0.15, 0.2) is 0 Å². The molecule has 2 nitrogen and oxygen atoms in total. The zero-order chi connectivity index (χ0) is 22.3. The minimum Gasteiger partial charge on any atom is -0.286 e. The molecule has 0 amide bonds. The first-order valence-electron chi connectivity index (χ1n) is 11.3. The Morgan fingerprint density at radius 1 is 0.697 bits per heavy atom. The summed E-state index contributed by atoms with van der Waals surface area (Å²) in [5.41, 5.74) is 10.2. The van der Waals surface area contributed by atoms with Crippen LogP contribution in [-0.2, 0) is 5.41 Å². The molecular formula is C30H21BrN2. The third-order valence-corrected chi connectivity index (χ3v) is 7.90. The van der Waals surface area contributed by atoms with Crippen molar-refractivity contribution in [2.45, 2.75) is 19.3 Å². The summed E-state index contributed by atoms with van der Waals surface area (Å²) in [6.07, 6.45) is 1.90. The third-order valence-electron chi connectivity index (χ3n) is 7.34. The molecule has 0 atom stereocenters. The SMILES string of the molecule is CC1(C)c2ccccc2-c2c(-c3cccc4c3c3ccccc3c3ncc(Br)n43)cccc21. The molecule has 3 heteroatoms. The van der Waals surface area contributed by atoms with Crippen molar-refractivity contribution in [2.24, 2.45) is 0 Å². The van der Waals surface area contributed by atoms with Crippen LogP contribution in [0.1, 0.15) is 25.0 Å². The van der Waals surface area contributed by atoms with Crippen molar-refractivity contribution >= 4 is 43.3 Å². The van der Waals surface area contributed by atoms with Gasteiger partial charge in [-0.25, -0.2) is 4.98 Å². The summed E-state index contributed by atoms with van der Waals surface area (Å²) < 4.78 is 3.19. The van der Waals surface area contributed by atoms with Gasteiger partial charge in [0.05, 0.1) is 11.7 Å². The second kappa shape index (κ2) is 6.55. The molecule has 158 valence electrons. The Balaban J connectivity index is 1.69. The summed E-state index contributed by atoms with van der Waals surface area (Å²) in [5.74, 6) is 0. The average molecular weight is 489 g/mol. The Morgan fingerprint density at radius 3 is 2.24 bits per heavy atom. The van der Waals surface area contributed by atoms with E-state index in [2.05, 4.69) is 119 Å². The predicted octanol–water partition coefficient (Wildman–Crippen LogP) is 8.38. The van der Waals surface area contributed by atoms with Crippen molar-refractivity contribution in [3.63, 3.8) is 0 Å². The molecule has 2 heterocycles. The predicted molar refractivity (Wildman–Crippen MR) is 141 cm³/mol. The van der Waals surface area contributed by atoms with Crippen LogP contribution in [0.15, 0.2) is 95.7 Å². The molecule has 0 N–H and O–H groups in total. The van der Waals surface area contributed by atoms with Crippen LogP contribution >= 0.6 is 15.9 Å². The minimum atomic E-state index is -0.0186. The zero-order valence-corrected chi connectivity index (χ0v) is 20.0. The highest BCUT2D eigenvalue weighted by molar-refractivity contribution is 9.10. The van der Waals surface area contributed by atoms with E-state index in [1.165, 1.54) is 44.2 Å². The van der Waals surface area contributed by atoms with Crippen molar-refractivity contribution in [2.75, 3.05) is 0 Å². The Kier molecular flexibility index (Phi) is 3.79. The second-order valence-electron chi connectivity index (χ2n) is 9.38. The van der Waals surface area contributed by atoms with Gasteiger partial charge in [0.1, 0.15) is 10.3 Å². The first-order chi connectivity index (χ1) is 16.1. The van der Waals surface area contributed by atoms with Crippen LogP contribution in [0, 0.1) is 0 Å². The summed E-state index contributed by atoms with van der Waals surface area (Å²) in [4.78, 5) is 4.72. The van der Waals surface area contributed by atoms with Crippen molar-refractivity contribution in [1.82, 2.24) is 9.38 Å². The summed E-state index contributed by atoms with van der Waals surface area (Å²) in [6.45, 7) is 4.68. The van der Waals surface area contributed by atoms with Gasteiger partial charge in [-0.1, -0.05) is 92.7 Å². The number of rotatable bonds is 1. The first-order valence-corrected chi connectivity index (χ1v) is 12.1. The van der Waals surface area contributed by atoms with Gasteiger partial charge in [-0.15, -0.1) is 0 Å². The highest BCUT2D eigenvalue weighted by atomic mass is 79.9. The number of pyridine rings is 1. The van der Waals surface area contributed by atoms with E-state index in [-0.39, 0.29) is 5.41 Å². The van der Waals surface area contributed by atoms with Gasteiger partial charge < -0.3 is 0 Å². The van der Waals surface area contributed by atoms with Gasteiger partial charge in [0, 0.05) is 16.2 Å². The van der Waals surface area contributed by atoms with E-state index in [0.29, 0.717) is 0 Å². The number of halogens is 1. The molecule has 0 saturated carbocycles. The van der Waals surface area contributed by atoms with Crippen molar-refractivity contribution < 1.29 is 0 Å². The number of nitrogens with zero attached hydrogens (tertiary/aromatic N) is 2. The Labute approximate surface area is 200 Å². The normalized spacial score (nSPS) is 14.2. The summed E-state index contributed by atoms with van der Waals surface area (Å²) in [7, 11) is 0. The third kappa shape index (κ3) is 2.41. The van der Waals surface area contributed by atoms with E-state index in [0.717, 1.165) is 21.2 Å². The number of imidazole rings is 1. The van der Waals surface area contributed by atoms with E-state index >= 15 is 0 Å². The van der Waals surface area contributed by atoms with Crippen LogP contribution in [0.25, 0.3) is 49.6 Å². The van der Waals surface area contributed by atoms with Crippen LogP contribution in [0.3, 0.4) is 0 Å². The molecule has 6 aromatic rings. The first kappa shape index (κ1) is 19.1. The highest BCUT2D eigenvalue weighted by Crippen LogP contribution is 2.53. The molecular weight excluding hydrogens is 468 g/mol. The van der Waals surface area contributed by atoms with Gasteiger partial charge in [-0.2, -0.15) is 0 Å². The maximum absolute atomic E-state index is 4.72. The molecule has 7 rings (SSSR count). The fourth-order valence-corrected chi connectivity index (χ4v) is 6.32. The molecule has 0 saturated heterocycles. The molecule has 33 heavy (non-hydrogen) atoms. The standard InChI is InChI=1S/C30H21BrN2/c1-30(2)23-14-6-5-11-22(23)27-18(12-7-15-24(27)30)19-13-8-16-25-28(19)20-9-3-4-10-21(20)29-32-17-26(31)33(25)29/h3-17H,1-2H3. The lowest BCUT2D eigenvalue weighted by Gasteiger charge is -2.22. The molecule has 0 radical (unpaired) electrons. The maximum Gasteiger partial charge on any atom is 0.146 e. The topological polar surface area (TPSA) is 17.3 Å². The number of benzene rings is 4. The van der Waals surface area contributed by atoms with Gasteiger partial charge in [0.25, 0.3) is 0 Å². The van der Waals surface area contributed by atoms with Crippen LogP contribution in [0.5, 0.6) is 0 Å². The lowest BCUT2D eigenvalue weighted by atomic mass is 9.82. The summed E-state index contributed by atoms with van der Waals surface area (Å²) in [5, 5.41) is 3.66. The number of aromatic nitrogens is 2. The molecule has 4 aromatic carbocycles. The molecule has 1 aliphatic rings. The average Bonchev–Trinajstić information content (AvgIpc) is 3.35. The Morgan fingerprint density at radius 2 is 1.36 bits per heavy atom. The van der Waals surface area contributed by atoms with Crippen LogP contribution in [0.2, 0.25) is 0 Å². The lowest BCUT2D eigenvalue weighted by molar-refractivity contribution is 0.660. The van der Waals surface area contributed by atoms with Crippen LogP contribution < -0.4 is 0 Å². The maximum atomic E-state index is 4.72. The Hall–Kier alpha value is -3.43.